The lowest BCUT2D eigenvalue weighted by molar-refractivity contribution is 0.925. The van der Waals surface area contributed by atoms with Crippen molar-refractivity contribution in [2.75, 3.05) is 0 Å². The second-order valence-corrected chi connectivity index (χ2v) is 3.68. The van der Waals surface area contributed by atoms with Gasteiger partial charge in [-0.3, -0.25) is 0 Å². The van der Waals surface area contributed by atoms with Crippen molar-refractivity contribution < 1.29 is 0 Å². The van der Waals surface area contributed by atoms with Gasteiger partial charge in [-0.15, -0.1) is 0 Å². The van der Waals surface area contributed by atoms with Gasteiger partial charge in [0.05, 0.1) is 0 Å². The molecule has 1 nitrogen and oxygen atoms in total. The quantitative estimate of drug-likeness (QED) is 0.714. The second kappa shape index (κ2) is 4.23. The monoisotopic (exact) mass is 209 g/mol. The number of hydrogen-bond donors (Lipinski definition) is 0. The lowest BCUT2D eigenvalue weighted by Crippen LogP contribution is -2.27. The van der Waals surface area contributed by atoms with Crippen LogP contribution < -0.4 is 10.6 Å². The molecule has 1 heterocycles. The van der Waals surface area contributed by atoms with Crippen molar-refractivity contribution in [1.29, 1.82) is 0 Å². The first kappa shape index (κ1) is 10.5. The molecular formula is C15H15N. The van der Waals surface area contributed by atoms with Crippen molar-refractivity contribution in [2.45, 2.75) is 0 Å². The van der Waals surface area contributed by atoms with Crippen LogP contribution in [0.3, 0.4) is 0 Å². The number of para-hydroxylation sites is 1. The topological polar surface area (TPSA) is 4.93 Å². The van der Waals surface area contributed by atoms with Gasteiger partial charge >= 0.3 is 0 Å². The number of allylic oxidation sites excluding steroid dienone is 2. The van der Waals surface area contributed by atoms with Crippen LogP contribution in [0.4, 0.5) is 0 Å². The van der Waals surface area contributed by atoms with Crippen molar-refractivity contribution >= 4 is 23.1 Å². The van der Waals surface area contributed by atoms with Gasteiger partial charge in [-0.05, 0) is 12.1 Å². The molecule has 1 aromatic heterocycles. The molecule has 0 aliphatic carbocycles. The summed E-state index contributed by atoms with van der Waals surface area (Å²) >= 11 is 0. The molecule has 0 fully saturated rings. The molecule has 2 aromatic rings. The third kappa shape index (κ3) is 1.50. The van der Waals surface area contributed by atoms with Crippen LogP contribution in [0.5, 0.6) is 0 Å². The summed E-state index contributed by atoms with van der Waals surface area (Å²) in [6.45, 7) is 7.53. The summed E-state index contributed by atoms with van der Waals surface area (Å²) in [6.07, 6.45) is 7.70. The number of nitrogens with zero attached hydrogens (tertiary/aromatic N) is 1. The summed E-state index contributed by atoms with van der Waals surface area (Å²) in [4.78, 5) is 0. The highest BCUT2D eigenvalue weighted by Crippen LogP contribution is 2.06. The van der Waals surface area contributed by atoms with Gasteiger partial charge in [0.1, 0.15) is 0 Å². The molecule has 0 spiro atoms. The fraction of sp³-hybridized carbons (Fsp3) is 0.0667. The zero-order valence-electron chi connectivity index (χ0n) is 9.48. The molecule has 0 aliphatic rings. The van der Waals surface area contributed by atoms with Gasteiger partial charge in [-0.25, -0.2) is 0 Å². The molecule has 0 atom stereocenters. The first-order chi connectivity index (χ1) is 7.79. The molecular weight excluding hydrogens is 194 g/mol. The van der Waals surface area contributed by atoms with Crippen LogP contribution in [0.1, 0.15) is 0 Å². The minimum atomic E-state index is 1.16. The van der Waals surface area contributed by atoms with Gasteiger partial charge in [0.2, 0.25) is 0 Å². The molecule has 16 heavy (non-hydrogen) atoms. The Labute approximate surface area is 95.3 Å². The van der Waals surface area contributed by atoms with E-state index >= 15 is 0 Å². The Morgan fingerprint density at radius 2 is 1.75 bits per heavy atom. The average Bonchev–Trinajstić information content (AvgIpc) is 2.57. The summed E-state index contributed by atoms with van der Waals surface area (Å²) < 4.78 is 2.17. The van der Waals surface area contributed by atoms with Crippen LogP contribution >= 0.6 is 0 Å². The second-order valence-electron chi connectivity index (χ2n) is 3.68. The van der Waals surface area contributed by atoms with Crippen LogP contribution in [0.2, 0.25) is 0 Å². The average molecular weight is 209 g/mol. The highest BCUT2D eigenvalue weighted by molar-refractivity contribution is 5.82. The minimum Gasteiger partial charge on any atom is -0.344 e. The lowest BCUT2D eigenvalue weighted by atomic mass is 10.2. The number of rotatable bonds is 2. The summed E-state index contributed by atoms with van der Waals surface area (Å²) in [5, 5.41) is 3.61. The van der Waals surface area contributed by atoms with E-state index in [1.54, 1.807) is 0 Å². The maximum Gasteiger partial charge on any atom is 0.0488 e. The van der Waals surface area contributed by atoms with E-state index in [1.165, 1.54) is 16.1 Å². The van der Waals surface area contributed by atoms with Crippen molar-refractivity contribution in [3.05, 3.63) is 60.1 Å². The van der Waals surface area contributed by atoms with Gasteiger partial charge in [-0.1, -0.05) is 49.6 Å². The first-order valence-corrected chi connectivity index (χ1v) is 5.28. The Hall–Kier alpha value is -2.02. The number of fused-ring (bicyclic) bond motifs is 1. The molecule has 2 rings (SSSR count). The molecule has 1 heteroatoms. The van der Waals surface area contributed by atoms with Crippen LogP contribution in [-0.2, 0) is 7.05 Å². The SMILES string of the molecule is C=C/C=c1\c(=C/C=C)n(C)c2ccccc12. The molecule has 0 unspecified atom stereocenters. The van der Waals surface area contributed by atoms with Crippen LogP contribution in [-0.4, -0.2) is 4.57 Å². The van der Waals surface area contributed by atoms with E-state index in [2.05, 4.69) is 49.0 Å². The normalized spacial score (nSPS) is 13.3. The number of benzene rings is 1. The molecule has 0 bridgehead atoms. The number of hydrogen-bond acceptors (Lipinski definition) is 0. The lowest BCUT2D eigenvalue weighted by Gasteiger charge is -1.94. The maximum atomic E-state index is 3.77. The van der Waals surface area contributed by atoms with Gasteiger partial charge in [0.25, 0.3) is 0 Å². The molecule has 0 N–H and O–H groups in total. The fourth-order valence-corrected chi connectivity index (χ4v) is 2.05. The van der Waals surface area contributed by atoms with Gasteiger partial charge in [-0.2, -0.15) is 0 Å². The van der Waals surface area contributed by atoms with Crippen molar-refractivity contribution in [1.82, 2.24) is 4.57 Å². The Morgan fingerprint density at radius 1 is 1.06 bits per heavy atom. The molecule has 80 valence electrons. The van der Waals surface area contributed by atoms with E-state index in [0.717, 1.165) is 5.35 Å². The van der Waals surface area contributed by atoms with Crippen LogP contribution in [0.15, 0.2) is 49.6 Å². The van der Waals surface area contributed by atoms with Crippen molar-refractivity contribution in [3.8, 4) is 0 Å². The van der Waals surface area contributed by atoms with Crippen molar-refractivity contribution in [3.63, 3.8) is 0 Å². The van der Waals surface area contributed by atoms with E-state index in [0.29, 0.717) is 0 Å². The fourth-order valence-electron chi connectivity index (χ4n) is 2.05. The summed E-state index contributed by atoms with van der Waals surface area (Å²) in [7, 11) is 2.07. The summed E-state index contributed by atoms with van der Waals surface area (Å²) in [6, 6.07) is 8.36. The Morgan fingerprint density at radius 3 is 2.44 bits per heavy atom. The summed E-state index contributed by atoms with van der Waals surface area (Å²) in [5.41, 5.74) is 1.23. The maximum absolute atomic E-state index is 3.77. The zero-order chi connectivity index (χ0) is 11.5. The molecule has 0 aliphatic heterocycles. The van der Waals surface area contributed by atoms with Gasteiger partial charge in [0, 0.05) is 28.5 Å². The first-order valence-electron chi connectivity index (χ1n) is 5.28. The smallest absolute Gasteiger partial charge is 0.0488 e. The Kier molecular flexibility index (Phi) is 2.78. The zero-order valence-corrected chi connectivity index (χ0v) is 9.48. The van der Waals surface area contributed by atoms with Crippen molar-refractivity contribution in [2.24, 2.45) is 7.05 Å². The molecule has 0 saturated heterocycles. The molecule has 1 aromatic carbocycles. The summed E-state index contributed by atoms with van der Waals surface area (Å²) in [5.74, 6) is 0. The van der Waals surface area contributed by atoms with E-state index in [1.807, 2.05) is 24.3 Å². The third-order valence-corrected chi connectivity index (χ3v) is 2.75. The standard InChI is InChI=1S/C15H15N/c1-4-8-12-13-10-6-7-11-15(13)16(3)14(12)9-5-2/h4-11H,1-2H2,3H3/b12-8-,14-9+. The van der Waals surface area contributed by atoms with E-state index in [-0.39, 0.29) is 0 Å². The molecule has 0 amide bonds. The molecule has 0 saturated carbocycles. The molecule has 0 radical (unpaired) electrons. The highest BCUT2D eigenvalue weighted by atomic mass is 14.9. The van der Waals surface area contributed by atoms with E-state index < -0.39 is 0 Å². The van der Waals surface area contributed by atoms with E-state index in [9.17, 15) is 0 Å². The van der Waals surface area contributed by atoms with Crippen LogP contribution in [0.25, 0.3) is 23.1 Å². The van der Waals surface area contributed by atoms with Crippen LogP contribution in [0, 0.1) is 0 Å². The van der Waals surface area contributed by atoms with Gasteiger partial charge < -0.3 is 4.57 Å². The highest BCUT2D eigenvalue weighted by Gasteiger charge is 2.01. The number of aromatic nitrogens is 1. The predicted octanol–water partition coefficient (Wildman–Crippen LogP) is 2.11. The Balaban J connectivity index is 3.10. The number of aryl methyl sites for hydroxylation is 1. The third-order valence-electron chi connectivity index (χ3n) is 2.75. The van der Waals surface area contributed by atoms with Gasteiger partial charge in [0.15, 0.2) is 0 Å². The largest absolute Gasteiger partial charge is 0.344 e. The minimum absolute atomic E-state index is 1.16. The van der Waals surface area contributed by atoms with E-state index in [4.69, 9.17) is 0 Å². The predicted molar refractivity (Wildman–Crippen MR) is 71.5 cm³/mol. The Bertz CT molecular complexity index is 657.